The highest BCUT2D eigenvalue weighted by atomic mass is 15.1. The summed E-state index contributed by atoms with van der Waals surface area (Å²) in [6.45, 7) is 13.3. The molecule has 0 rings (SSSR count). The Hall–Kier alpha value is -0.560. The second kappa shape index (κ2) is 6.84. The van der Waals surface area contributed by atoms with Gasteiger partial charge in [-0.25, -0.2) is 0 Å². The van der Waals surface area contributed by atoms with Gasteiger partial charge in [0.2, 0.25) is 0 Å². The summed E-state index contributed by atoms with van der Waals surface area (Å²) in [4.78, 5) is 2.40. The summed E-state index contributed by atoms with van der Waals surface area (Å²) in [5, 5.41) is 0. The number of likely N-dealkylation sites (N-methyl/N-ethyl adjacent to an activating group) is 1. The molecule has 0 saturated carbocycles. The lowest BCUT2D eigenvalue weighted by Gasteiger charge is -2.29. The first kappa shape index (κ1) is 14.4. The summed E-state index contributed by atoms with van der Waals surface area (Å²) < 4.78 is 0. The van der Waals surface area contributed by atoms with Crippen molar-refractivity contribution < 1.29 is 0 Å². The van der Waals surface area contributed by atoms with Crippen LogP contribution < -0.4 is 0 Å². The second-order valence-corrected chi connectivity index (χ2v) is 5.05. The third-order valence-corrected chi connectivity index (χ3v) is 2.86. The molecule has 1 heteroatoms. The molecule has 0 aromatic carbocycles. The zero-order chi connectivity index (χ0) is 11.9. The molecule has 0 aromatic rings. The van der Waals surface area contributed by atoms with Gasteiger partial charge in [-0.05, 0) is 38.3 Å². The van der Waals surface area contributed by atoms with Gasteiger partial charge in [0.1, 0.15) is 0 Å². The predicted octanol–water partition coefficient (Wildman–Crippen LogP) is 3.88. The van der Waals surface area contributed by atoms with Crippen molar-refractivity contribution in [3.05, 3.63) is 23.8 Å². The molecule has 0 spiro atoms. The van der Waals surface area contributed by atoms with Crippen LogP contribution in [0.4, 0.5) is 0 Å². The van der Waals surface area contributed by atoms with Crippen LogP contribution in [0, 0.1) is 5.41 Å². The molecule has 88 valence electrons. The average Bonchev–Trinajstić information content (AvgIpc) is 2.16. The zero-order valence-corrected chi connectivity index (χ0v) is 11.3. The molecule has 0 radical (unpaired) electrons. The standard InChI is InChI=1S/C14H27N/c1-7-10-13(8-2)11-15(6)12-14(4,5)9-3/h7-8,10H,9,11-12H2,1-6H3/b10-7-,13-8+. The van der Waals surface area contributed by atoms with Crippen LogP contribution in [0.5, 0.6) is 0 Å². The van der Waals surface area contributed by atoms with Crippen LogP contribution in [0.3, 0.4) is 0 Å². The van der Waals surface area contributed by atoms with Crippen molar-refractivity contribution in [1.82, 2.24) is 4.90 Å². The fourth-order valence-corrected chi connectivity index (χ4v) is 1.66. The molecular formula is C14H27N. The van der Waals surface area contributed by atoms with Gasteiger partial charge in [0.15, 0.2) is 0 Å². The molecule has 0 N–H and O–H groups in total. The van der Waals surface area contributed by atoms with Crippen LogP contribution in [-0.2, 0) is 0 Å². The van der Waals surface area contributed by atoms with Gasteiger partial charge in [0.05, 0.1) is 0 Å². The van der Waals surface area contributed by atoms with Crippen molar-refractivity contribution in [3.63, 3.8) is 0 Å². The van der Waals surface area contributed by atoms with Crippen LogP contribution in [0.1, 0.15) is 41.0 Å². The van der Waals surface area contributed by atoms with Gasteiger partial charge < -0.3 is 4.90 Å². The summed E-state index contributed by atoms with van der Waals surface area (Å²) in [7, 11) is 2.20. The van der Waals surface area contributed by atoms with Crippen molar-refractivity contribution in [1.29, 1.82) is 0 Å². The topological polar surface area (TPSA) is 3.24 Å². The molecule has 0 unspecified atom stereocenters. The van der Waals surface area contributed by atoms with Crippen LogP contribution in [-0.4, -0.2) is 25.0 Å². The number of allylic oxidation sites excluding steroid dienone is 2. The maximum atomic E-state index is 2.40. The SMILES string of the molecule is C/C=C\C(=C/C)CN(C)CC(C)(C)CC. The number of hydrogen-bond donors (Lipinski definition) is 0. The number of rotatable bonds is 6. The van der Waals surface area contributed by atoms with E-state index in [9.17, 15) is 0 Å². The lowest BCUT2D eigenvalue weighted by molar-refractivity contribution is 0.216. The van der Waals surface area contributed by atoms with Crippen molar-refractivity contribution in [2.75, 3.05) is 20.1 Å². The fourth-order valence-electron chi connectivity index (χ4n) is 1.66. The summed E-state index contributed by atoms with van der Waals surface area (Å²) >= 11 is 0. The van der Waals surface area contributed by atoms with Gasteiger partial charge in [-0.2, -0.15) is 0 Å². The Kier molecular flexibility index (Phi) is 6.58. The molecule has 15 heavy (non-hydrogen) atoms. The zero-order valence-electron chi connectivity index (χ0n) is 11.3. The van der Waals surface area contributed by atoms with Crippen molar-refractivity contribution in [2.45, 2.75) is 41.0 Å². The van der Waals surface area contributed by atoms with Gasteiger partial charge in [0.25, 0.3) is 0 Å². The first-order chi connectivity index (χ1) is 6.95. The fraction of sp³-hybridized carbons (Fsp3) is 0.714. The first-order valence-electron chi connectivity index (χ1n) is 5.91. The molecule has 0 aliphatic carbocycles. The van der Waals surface area contributed by atoms with E-state index in [-0.39, 0.29) is 0 Å². The molecule has 0 bridgehead atoms. The van der Waals surface area contributed by atoms with E-state index < -0.39 is 0 Å². The Bertz CT molecular complexity index is 223. The van der Waals surface area contributed by atoms with E-state index in [0.717, 1.165) is 13.1 Å². The Morgan fingerprint density at radius 1 is 1.27 bits per heavy atom. The number of nitrogens with zero attached hydrogens (tertiary/aromatic N) is 1. The third-order valence-electron chi connectivity index (χ3n) is 2.86. The summed E-state index contributed by atoms with van der Waals surface area (Å²) in [6.07, 6.45) is 7.71. The molecule has 0 atom stereocenters. The minimum atomic E-state index is 0.420. The van der Waals surface area contributed by atoms with E-state index in [1.54, 1.807) is 0 Å². The molecule has 0 amide bonds. The Balaban J connectivity index is 4.19. The molecule has 0 aromatic heterocycles. The van der Waals surface area contributed by atoms with E-state index in [1.165, 1.54) is 12.0 Å². The molecule has 0 aliphatic rings. The van der Waals surface area contributed by atoms with Gasteiger partial charge in [-0.3, -0.25) is 0 Å². The predicted molar refractivity (Wildman–Crippen MR) is 70.1 cm³/mol. The lowest BCUT2D eigenvalue weighted by Crippen LogP contribution is -2.32. The van der Waals surface area contributed by atoms with E-state index in [4.69, 9.17) is 0 Å². The molecular weight excluding hydrogens is 182 g/mol. The summed E-state index contributed by atoms with van der Waals surface area (Å²) in [6, 6.07) is 0. The largest absolute Gasteiger partial charge is 0.302 e. The van der Waals surface area contributed by atoms with Crippen LogP contribution >= 0.6 is 0 Å². The summed E-state index contributed by atoms with van der Waals surface area (Å²) in [5.74, 6) is 0. The third kappa shape index (κ3) is 6.51. The highest BCUT2D eigenvalue weighted by Crippen LogP contribution is 2.20. The monoisotopic (exact) mass is 209 g/mol. The molecule has 1 nitrogen and oxygen atoms in total. The maximum Gasteiger partial charge on any atom is 0.0227 e. The molecule has 0 saturated heterocycles. The minimum Gasteiger partial charge on any atom is -0.302 e. The van der Waals surface area contributed by atoms with Crippen molar-refractivity contribution in [3.8, 4) is 0 Å². The Morgan fingerprint density at radius 2 is 1.87 bits per heavy atom. The van der Waals surface area contributed by atoms with Crippen LogP contribution in [0.25, 0.3) is 0 Å². The Morgan fingerprint density at radius 3 is 2.27 bits per heavy atom. The number of hydrogen-bond acceptors (Lipinski definition) is 1. The second-order valence-electron chi connectivity index (χ2n) is 5.05. The smallest absolute Gasteiger partial charge is 0.0227 e. The van der Waals surface area contributed by atoms with Crippen LogP contribution in [0.2, 0.25) is 0 Å². The quantitative estimate of drug-likeness (QED) is 0.600. The van der Waals surface area contributed by atoms with Gasteiger partial charge in [-0.1, -0.05) is 39.0 Å². The van der Waals surface area contributed by atoms with E-state index >= 15 is 0 Å². The molecule has 0 fully saturated rings. The first-order valence-corrected chi connectivity index (χ1v) is 5.91. The molecule has 0 aliphatic heterocycles. The van der Waals surface area contributed by atoms with Gasteiger partial charge >= 0.3 is 0 Å². The minimum absolute atomic E-state index is 0.420. The van der Waals surface area contributed by atoms with E-state index in [2.05, 4.69) is 64.8 Å². The van der Waals surface area contributed by atoms with E-state index in [0.29, 0.717) is 5.41 Å². The van der Waals surface area contributed by atoms with Gasteiger partial charge in [0, 0.05) is 13.1 Å². The maximum absolute atomic E-state index is 2.40. The Labute approximate surface area is 95.9 Å². The molecule has 0 heterocycles. The van der Waals surface area contributed by atoms with Crippen molar-refractivity contribution in [2.24, 2.45) is 5.41 Å². The highest BCUT2D eigenvalue weighted by Gasteiger charge is 2.17. The highest BCUT2D eigenvalue weighted by molar-refractivity contribution is 5.18. The normalized spacial score (nSPS) is 14.2. The van der Waals surface area contributed by atoms with Crippen molar-refractivity contribution >= 4 is 0 Å². The average molecular weight is 209 g/mol. The van der Waals surface area contributed by atoms with Gasteiger partial charge in [-0.15, -0.1) is 0 Å². The van der Waals surface area contributed by atoms with Crippen LogP contribution in [0.15, 0.2) is 23.8 Å². The lowest BCUT2D eigenvalue weighted by atomic mass is 9.90. The summed E-state index contributed by atoms with van der Waals surface area (Å²) in [5.41, 5.74) is 1.82. The van der Waals surface area contributed by atoms with E-state index in [1.807, 2.05) is 0 Å².